The van der Waals surface area contributed by atoms with Crippen LogP contribution in [0.15, 0.2) is 53.0 Å². The molecule has 0 saturated carbocycles. The molecule has 0 aliphatic heterocycles. The van der Waals surface area contributed by atoms with Gasteiger partial charge in [0.25, 0.3) is 5.91 Å². The minimum atomic E-state index is -0.166. The molecule has 2 aromatic carbocycles. The lowest BCUT2D eigenvalue weighted by Crippen LogP contribution is -2.39. The zero-order chi connectivity index (χ0) is 19.3. The standard InChI is InChI=1S/C22H29BrN2O2/c1-2-3-4-5-6-7-8-18-9-11-19(12-10-18)22(26)25-24-17-27-21-15-13-20(23)14-16-21/h9-16,24H,2-8,17H2,1H3,(H,25,26). The molecular weight excluding hydrogens is 404 g/mol. The van der Waals surface area contributed by atoms with Gasteiger partial charge in [-0.2, -0.15) is 5.43 Å². The Kier molecular flexibility index (Phi) is 9.95. The second-order valence-corrected chi connectivity index (χ2v) is 7.50. The zero-order valence-corrected chi connectivity index (χ0v) is 17.6. The number of nitrogens with one attached hydrogen (secondary N) is 2. The van der Waals surface area contributed by atoms with Crippen molar-refractivity contribution >= 4 is 21.8 Å². The van der Waals surface area contributed by atoms with Crippen LogP contribution in [-0.4, -0.2) is 12.6 Å². The highest BCUT2D eigenvalue weighted by Gasteiger charge is 2.05. The molecule has 0 bridgehead atoms. The van der Waals surface area contributed by atoms with Crippen molar-refractivity contribution in [2.45, 2.75) is 51.9 Å². The number of aryl methyl sites for hydroxylation is 1. The Hall–Kier alpha value is -1.85. The number of hydrogen-bond acceptors (Lipinski definition) is 3. The Labute approximate surface area is 170 Å². The summed E-state index contributed by atoms with van der Waals surface area (Å²) in [4.78, 5) is 12.1. The van der Waals surface area contributed by atoms with Gasteiger partial charge in [0.1, 0.15) is 5.75 Å². The number of halogens is 1. The minimum absolute atomic E-state index is 0.166. The van der Waals surface area contributed by atoms with Crippen LogP contribution in [0.5, 0.6) is 5.75 Å². The highest BCUT2D eigenvalue weighted by atomic mass is 79.9. The molecule has 0 unspecified atom stereocenters. The predicted molar refractivity (Wildman–Crippen MR) is 114 cm³/mol. The van der Waals surface area contributed by atoms with Crippen LogP contribution >= 0.6 is 15.9 Å². The summed E-state index contributed by atoms with van der Waals surface area (Å²) in [6.07, 6.45) is 8.86. The van der Waals surface area contributed by atoms with Gasteiger partial charge in [-0.15, -0.1) is 0 Å². The second-order valence-electron chi connectivity index (χ2n) is 6.59. The van der Waals surface area contributed by atoms with Crippen LogP contribution in [-0.2, 0) is 6.42 Å². The first-order valence-corrected chi connectivity index (χ1v) is 10.5. The molecule has 2 rings (SSSR count). The van der Waals surface area contributed by atoms with E-state index in [1.807, 2.05) is 48.5 Å². The van der Waals surface area contributed by atoms with Crippen LogP contribution in [0.1, 0.15) is 61.4 Å². The summed E-state index contributed by atoms with van der Waals surface area (Å²) in [5, 5.41) is 0. The van der Waals surface area contributed by atoms with E-state index in [2.05, 4.69) is 33.7 Å². The summed E-state index contributed by atoms with van der Waals surface area (Å²) in [5.41, 5.74) is 7.36. The molecule has 5 heteroatoms. The van der Waals surface area contributed by atoms with Gasteiger partial charge in [-0.05, 0) is 54.8 Å². The van der Waals surface area contributed by atoms with Gasteiger partial charge in [0.2, 0.25) is 0 Å². The van der Waals surface area contributed by atoms with E-state index in [-0.39, 0.29) is 12.6 Å². The predicted octanol–water partition coefficient (Wildman–Crippen LogP) is 5.62. The average Bonchev–Trinajstić information content (AvgIpc) is 2.69. The van der Waals surface area contributed by atoms with Crippen LogP contribution in [0.2, 0.25) is 0 Å². The van der Waals surface area contributed by atoms with Gasteiger partial charge in [0.05, 0.1) is 0 Å². The first-order valence-electron chi connectivity index (χ1n) is 9.69. The quantitative estimate of drug-likeness (QED) is 0.259. The van der Waals surface area contributed by atoms with Crippen molar-refractivity contribution in [1.29, 1.82) is 0 Å². The van der Waals surface area contributed by atoms with Crippen molar-refractivity contribution in [3.05, 3.63) is 64.1 Å². The summed E-state index contributed by atoms with van der Waals surface area (Å²) >= 11 is 3.38. The molecule has 0 aliphatic rings. The Morgan fingerprint density at radius 2 is 1.59 bits per heavy atom. The molecule has 0 spiro atoms. The highest BCUT2D eigenvalue weighted by Crippen LogP contribution is 2.15. The molecule has 0 aliphatic carbocycles. The number of carbonyl (C=O) groups excluding carboxylic acids is 1. The Balaban J connectivity index is 1.63. The Morgan fingerprint density at radius 3 is 2.30 bits per heavy atom. The number of unbranched alkanes of at least 4 members (excludes halogenated alkanes) is 5. The normalized spacial score (nSPS) is 10.6. The summed E-state index contributed by atoms with van der Waals surface area (Å²) in [6.45, 7) is 2.44. The third kappa shape index (κ3) is 8.59. The van der Waals surface area contributed by atoms with Crippen LogP contribution in [0.25, 0.3) is 0 Å². The monoisotopic (exact) mass is 432 g/mol. The number of hydrazine groups is 1. The molecule has 0 heterocycles. The van der Waals surface area contributed by atoms with Crippen molar-refractivity contribution < 1.29 is 9.53 Å². The van der Waals surface area contributed by atoms with Crippen LogP contribution < -0.4 is 15.6 Å². The van der Waals surface area contributed by atoms with Crippen molar-refractivity contribution in [2.75, 3.05) is 6.73 Å². The molecule has 0 aromatic heterocycles. The van der Waals surface area contributed by atoms with Crippen molar-refractivity contribution in [3.8, 4) is 5.75 Å². The van der Waals surface area contributed by atoms with E-state index in [0.29, 0.717) is 5.56 Å². The second kappa shape index (κ2) is 12.5. The molecule has 2 aromatic rings. The molecule has 146 valence electrons. The first kappa shape index (κ1) is 21.5. The number of rotatable bonds is 12. The topological polar surface area (TPSA) is 50.4 Å². The van der Waals surface area contributed by atoms with Gasteiger partial charge in [-0.3, -0.25) is 10.2 Å². The number of carbonyl (C=O) groups is 1. The summed E-state index contributed by atoms with van der Waals surface area (Å²) in [5.74, 6) is 0.569. The van der Waals surface area contributed by atoms with Crippen molar-refractivity contribution in [1.82, 2.24) is 10.9 Å². The van der Waals surface area contributed by atoms with E-state index < -0.39 is 0 Å². The first-order chi connectivity index (χ1) is 13.2. The largest absolute Gasteiger partial charge is 0.477 e. The van der Waals surface area contributed by atoms with Crippen LogP contribution in [0, 0.1) is 0 Å². The summed E-state index contributed by atoms with van der Waals surface area (Å²) < 4.78 is 6.50. The van der Waals surface area contributed by atoms with Gasteiger partial charge in [0.15, 0.2) is 6.73 Å². The van der Waals surface area contributed by atoms with E-state index in [4.69, 9.17) is 4.74 Å². The Bertz CT molecular complexity index is 672. The number of benzene rings is 2. The third-order valence-electron chi connectivity index (χ3n) is 4.36. The zero-order valence-electron chi connectivity index (χ0n) is 16.0. The molecule has 0 atom stereocenters. The molecule has 0 saturated heterocycles. The maximum Gasteiger partial charge on any atom is 0.265 e. The summed E-state index contributed by atoms with van der Waals surface area (Å²) in [6, 6.07) is 15.4. The number of hydrogen-bond donors (Lipinski definition) is 2. The van der Waals surface area contributed by atoms with E-state index in [0.717, 1.165) is 16.6 Å². The molecule has 27 heavy (non-hydrogen) atoms. The lowest BCUT2D eigenvalue weighted by molar-refractivity contribution is 0.0914. The van der Waals surface area contributed by atoms with Gasteiger partial charge in [-0.25, -0.2) is 0 Å². The highest BCUT2D eigenvalue weighted by molar-refractivity contribution is 9.10. The van der Waals surface area contributed by atoms with Gasteiger partial charge in [-0.1, -0.05) is 67.1 Å². The number of ether oxygens (including phenoxy) is 1. The van der Waals surface area contributed by atoms with E-state index >= 15 is 0 Å². The fraction of sp³-hybridized carbons (Fsp3) is 0.409. The number of amides is 1. The lowest BCUT2D eigenvalue weighted by atomic mass is 10.0. The molecular formula is C22H29BrN2O2. The average molecular weight is 433 g/mol. The van der Waals surface area contributed by atoms with E-state index in [1.54, 1.807) is 0 Å². The molecule has 2 N–H and O–H groups in total. The maximum absolute atomic E-state index is 12.1. The maximum atomic E-state index is 12.1. The van der Waals surface area contributed by atoms with Gasteiger partial charge in [0, 0.05) is 10.0 Å². The smallest absolute Gasteiger partial charge is 0.265 e. The van der Waals surface area contributed by atoms with Crippen LogP contribution in [0.4, 0.5) is 0 Å². The fourth-order valence-corrected chi connectivity index (χ4v) is 3.04. The third-order valence-corrected chi connectivity index (χ3v) is 4.89. The minimum Gasteiger partial charge on any atom is -0.477 e. The molecule has 4 nitrogen and oxygen atoms in total. The summed E-state index contributed by atoms with van der Waals surface area (Å²) in [7, 11) is 0. The van der Waals surface area contributed by atoms with Gasteiger partial charge >= 0.3 is 0 Å². The SMILES string of the molecule is CCCCCCCCc1ccc(C(=O)NNCOc2ccc(Br)cc2)cc1. The Morgan fingerprint density at radius 1 is 0.926 bits per heavy atom. The van der Waals surface area contributed by atoms with Gasteiger partial charge < -0.3 is 4.74 Å². The van der Waals surface area contributed by atoms with Crippen molar-refractivity contribution in [2.24, 2.45) is 0 Å². The van der Waals surface area contributed by atoms with E-state index in [1.165, 1.54) is 44.1 Å². The van der Waals surface area contributed by atoms with Crippen LogP contribution in [0.3, 0.4) is 0 Å². The fourth-order valence-electron chi connectivity index (χ4n) is 2.77. The lowest BCUT2D eigenvalue weighted by Gasteiger charge is -2.10. The van der Waals surface area contributed by atoms with Crippen molar-refractivity contribution in [3.63, 3.8) is 0 Å². The molecule has 0 radical (unpaired) electrons. The molecule has 0 fully saturated rings. The molecule has 1 amide bonds. The van der Waals surface area contributed by atoms with E-state index in [9.17, 15) is 4.79 Å².